The molecule has 13 heavy (non-hydrogen) atoms. The van der Waals surface area contributed by atoms with Crippen molar-refractivity contribution in [1.82, 2.24) is 0 Å². The first-order chi connectivity index (χ1) is 6.09. The molecule has 0 aliphatic rings. The van der Waals surface area contributed by atoms with Gasteiger partial charge < -0.3 is 5.73 Å². The van der Waals surface area contributed by atoms with Crippen molar-refractivity contribution in [2.75, 3.05) is 0 Å². The van der Waals surface area contributed by atoms with Gasteiger partial charge in [0, 0.05) is 9.37 Å². The lowest BCUT2D eigenvalue weighted by Gasteiger charge is -2.08. The number of amidine groups is 1. The lowest BCUT2D eigenvalue weighted by Crippen LogP contribution is -2.21. The third kappa shape index (κ3) is 3.40. The quantitative estimate of drug-likeness (QED) is 0.498. The summed E-state index contributed by atoms with van der Waals surface area (Å²) in [7, 11) is 0. The van der Waals surface area contributed by atoms with Gasteiger partial charge in [-0.1, -0.05) is 22.0 Å². The van der Waals surface area contributed by atoms with E-state index in [4.69, 9.17) is 11.1 Å². The molecule has 70 valence electrons. The average molecular weight is 259 g/mol. The smallest absolute Gasteiger partial charge is 0.104 e. The van der Waals surface area contributed by atoms with Gasteiger partial charge in [-0.15, -0.1) is 11.8 Å². The summed E-state index contributed by atoms with van der Waals surface area (Å²) in [5.41, 5.74) is 5.37. The lowest BCUT2D eigenvalue weighted by molar-refractivity contribution is 1.22. The maximum absolute atomic E-state index is 7.25. The largest absolute Gasteiger partial charge is 0.387 e. The molecule has 0 bridgehead atoms. The Labute approximate surface area is 90.5 Å². The zero-order valence-electron chi connectivity index (χ0n) is 7.25. The van der Waals surface area contributed by atoms with E-state index in [0.717, 1.165) is 9.37 Å². The Morgan fingerprint density at radius 2 is 2.31 bits per heavy atom. The van der Waals surface area contributed by atoms with Gasteiger partial charge in [-0.25, -0.2) is 0 Å². The van der Waals surface area contributed by atoms with Crippen molar-refractivity contribution in [3.63, 3.8) is 0 Å². The van der Waals surface area contributed by atoms with Crippen LogP contribution in [0.3, 0.4) is 0 Å². The maximum Gasteiger partial charge on any atom is 0.104 e. The van der Waals surface area contributed by atoms with Crippen LogP contribution in [0, 0.1) is 5.41 Å². The molecule has 2 nitrogen and oxygen atoms in total. The minimum atomic E-state index is 0.0364. The molecule has 0 heterocycles. The molecule has 0 aliphatic heterocycles. The second kappa shape index (κ2) is 4.67. The van der Waals surface area contributed by atoms with Crippen LogP contribution in [0.2, 0.25) is 0 Å². The third-order valence-electron chi connectivity index (χ3n) is 1.55. The second-order valence-corrected chi connectivity index (χ2v) is 5.00. The lowest BCUT2D eigenvalue weighted by atomic mass is 10.4. The van der Waals surface area contributed by atoms with Gasteiger partial charge in [0.25, 0.3) is 0 Å². The molecule has 1 aromatic rings. The van der Waals surface area contributed by atoms with Crippen LogP contribution in [0.25, 0.3) is 0 Å². The number of hydrogen-bond donors (Lipinski definition) is 2. The molecule has 1 unspecified atom stereocenters. The summed E-state index contributed by atoms with van der Waals surface area (Å²) in [6, 6.07) is 7.97. The summed E-state index contributed by atoms with van der Waals surface area (Å²) >= 11 is 4.98. The molecule has 0 saturated carbocycles. The van der Waals surface area contributed by atoms with Crippen LogP contribution >= 0.6 is 27.7 Å². The van der Waals surface area contributed by atoms with Gasteiger partial charge in [0.05, 0.1) is 5.25 Å². The number of hydrogen-bond acceptors (Lipinski definition) is 2. The van der Waals surface area contributed by atoms with E-state index in [-0.39, 0.29) is 11.1 Å². The Kier molecular flexibility index (Phi) is 3.81. The molecule has 0 aromatic heterocycles. The first-order valence-corrected chi connectivity index (χ1v) is 5.53. The monoisotopic (exact) mass is 258 g/mol. The first-order valence-electron chi connectivity index (χ1n) is 3.85. The van der Waals surface area contributed by atoms with Crippen LogP contribution in [0.5, 0.6) is 0 Å². The number of rotatable bonds is 3. The Hall–Kier alpha value is -0.480. The summed E-state index contributed by atoms with van der Waals surface area (Å²) in [5, 5.41) is 7.28. The Morgan fingerprint density at radius 3 is 2.85 bits per heavy atom. The normalized spacial score (nSPS) is 12.5. The fourth-order valence-corrected chi connectivity index (χ4v) is 2.25. The number of benzene rings is 1. The van der Waals surface area contributed by atoms with Gasteiger partial charge in [-0.05, 0) is 25.1 Å². The number of thioether (sulfide) groups is 1. The summed E-state index contributed by atoms with van der Waals surface area (Å²) in [6.07, 6.45) is 0. The molecular weight excluding hydrogens is 248 g/mol. The molecule has 1 aromatic carbocycles. The van der Waals surface area contributed by atoms with Crippen molar-refractivity contribution < 1.29 is 0 Å². The van der Waals surface area contributed by atoms with Gasteiger partial charge >= 0.3 is 0 Å². The average Bonchev–Trinajstić information content (AvgIpc) is 2.04. The maximum atomic E-state index is 7.25. The predicted octanol–water partition coefficient (Wildman–Crippen LogP) is 2.87. The highest BCUT2D eigenvalue weighted by atomic mass is 79.9. The molecule has 0 aliphatic carbocycles. The zero-order chi connectivity index (χ0) is 9.84. The predicted molar refractivity (Wildman–Crippen MR) is 61.4 cm³/mol. The molecule has 3 N–H and O–H groups in total. The van der Waals surface area contributed by atoms with Gasteiger partial charge in [0.2, 0.25) is 0 Å². The summed E-state index contributed by atoms with van der Waals surface area (Å²) in [5.74, 6) is 0.213. The standard InChI is InChI=1S/C9H11BrN2S/c1-6(9(11)12)13-8-4-2-3-7(10)5-8/h2-6H,1H3,(H3,11,12). The fraction of sp³-hybridized carbons (Fsp3) is 0.222. The van der Waals surface area contributed by atoms with Crippen LogP contribution in [-0.4, -0.2) is 11.1 Å². The summed E-state index contributed by atoms with van der Waals surface area (Å²) in [4.78, 5) is 1.12. The third-order valence-corrected chi connectivity index (χ3v) is 3.17. The Bertz CT molecular complexity index is 314. The highest BCUT2D eigenvalue weighted by Crippen LogP contribution is 2.25. The fourth-order valence-electron chi connectivity index (χ4n) is 0.808. The number of nitrogens with two attached hydrogens (primary N) is 1. The van der Waals surface area contributed by atoms with E-state index >= 15 is 0 Å². The molecule has 1 atom stereocenters. The molecule has 4 heteroatoms. The highest BCUT2D eigenvalue weighted by Gasteiger charge is 2.06. The summed E-state index contributed by atoms with van der Waals surface area (Å²) < 4.78 is 1.05. The van der Waals surface area contributed by atoms with Crippen molar-refractivity contribution in [3.05, 3.63) is 28.7 Å². The van der Waals surface area contributed by atoms with Crippen molar-refractivity contribution >= 4 is 33.5 Å². The molecular formula is C9H11BrN2S. The Balaban J connectivity index is 2.69. The molecule has 0 spiro atoms. The van der Waals surface area contributed by atoms with E-state index in [9.17, 15) is 0 Å². The van der Waals surface area contributed by atoms with Gasteiger partial charge in [0.15, 0.2) is 0 Å². The van der Waals surface area contributed by atoms with Crippen molar-refractivity contribution in [2.24, 2.45) is 5.73 Å². The van der Waals surface area contributed by atoms with Crippen LogP contribution in [0.4, 0.5) is 0 Å². The van der Waals surface area contributed by atoms with E-state index in [0.29, 0.717) is 0 Å². The van der Waals surface area contributed by atoms with Crippen LogP contribution in [0.15, 0.2) is 33.6 Å². The minimum Gasteiger partial charge on any atom is -0.387 e. The highest BCUT2D eigenvalue weighted by molar-refractivity contribution is 9.10. The molecule has 0 saturated heterocycles. The van der Waals surface area contributed by atoms with E-state index in [1.165, 1.54) is 0 Å². The zero-order valence-corrected chi connectivity index (χ0v) is 9.65. The molecule has 0 radical (unpaired) electrons. The Morgan fingerprint density at radius 1 is 1.62 bits per heavy atom. The van der Waals surface area contributed by atoms with Gasteiger partial charge in [-0.2, -0.15) is 0 Å². The van der Waals surface area contributed by atoms with E-state index in [2.05, 4.69) is 15.9 Å². The SMILES string of the molecule is CC(Sc1cccc(Br)c1)C(=N)N. The van der Waals surface area contributed by atoms with Gasteiger partial charge in [0.1, 0.15) is 5.84 Å². The van der Waals surface area contributed by atoms with Gasteiger partial charge in [-0.3, -0.25) is 5.41 Å². The number of halogens is 1. The first kappa shape index (κ1) is 10.6. The van der Waals surface area contributed by atoms with Crippen LogP contribution < -0.4 is 5.73 Å². The minimum absolute atomic E-state index is 0.0364. The van der Waals surface area contributed by atoms with Crippen molar-refractivity contribution in [2.45, 2.75) is 17.1 Å². The summed E-state index contributed by atoms with van der Waals surface area (Å²) in [6.45, 7) is 1.92. The molecule has 0 fully saturated rings. The second-order valence-electron chi connectivity index (χ2n) is 2.67. The van der Waals surface area contributed by atoms with Crippen LogP contribution in [0.1, 0.15) is 6.92 Å². The molecule has 1 rings (SSSR count). The van der Waals surface area contributed by atoms with E-state index in [1.54, 1.807) is 11.8 Å². The number of nitrogens with one attached hydrogen (secondary N) is 1. The van der Waals surface area contributed by atoms with E-state index in [1.807, 2.05) is 31.2 Å². The van der Waals surface area contributed by atoms with Crippen molar-refractivity contribution in [1.29, 1.82) is 5.41 Å². The van der Waals surface area contributed by atoms with Crippen molar-refractivity contribution in [3.8, 4) is 0 Å². The molecule has 0 amide bonds. The van der Waals surface area contributed by atoms with Crippen LogP contribution in [-0.2, 0) is 0 Å². The van der Waals surface area contributed by atoms with E-state index < -0.39 is 0 Å². The topological polar surface area (TPSA) is 49.9 Å².